The summed E-state index contributed by atoms with van der Waals surface area (Å²) in [6, 6.07) is 13.5. The molecule has 7 heteroatoms. The topological polar surface area (TPSA) is 37.3 Å². The standard InChI is InChI=1S/C16H10Cl2IN3S/c17-12-4-1-11(14(18)7-12)8-20-22-16-21-15(9-23-16)10-2-5-13(19)6-3-10/h1-9H,(H,21,22)/b20-8-. The van der Waals surface area contributed by atoms with Crippen LogP contribution in [0.15, 0.2) is 52.9 Å². The van der Waals surface area contributed by atoms with Gasteiger partial charge in [0.2, 0.25) is 5.13 Å². The summed E-state index contributed by atoms with van der Waals surface area (Å²) in [6.45, 7) is 0. The van der Waals surface area contributed by atoms with E-state index in [1.165, 1.54) is 14.9 Å². The van der Waals surface area contributed by atoms with Gasteiger partial charge in [-0.25, -0.2) is 4.98 Å². The molecule has 0 saturated carbocycles. The van der Waals surface area contributed by atoms with Gasteiger partial charge in [-0.15, -0.1) is 11.3 Å². The fourth-order valence-electron chi connectivity index (χ4n) is 1.84. The van der Waals surface area contributed by atoms with Crippen molar-refractivity contribution < 1.29 is 0 Å². The average molecular weight is 474 g/mol. The Bertz CT molecular complexity index is 847. The van der Waals surface area contributed by atoms with E-state index in [0.29, 0.717) is 10.0 Å². The number of hydrazone groups is 1. The number of hydrogen-bond donors (Lipinski definition) is 1. The van der Waals surface area contributed by atoms with E-state index < -0.39 is 0 Å². The lowest BCUT2D eigenvalue weighted by Crippen LogP contribution is -1.91. The van der Waals surface area contributed by atoms with E-state index in [0.717, 1.165) is 22.0 Å². The molecule has 116 valence electrons. The summed E-state index contributed by atoms with van der Waals surface area (Å²) in [5, 5.41) is 8.04. The Morgan fingerprint density at radius 3 is 2.65 bits per heavy atom. The Hall–Kier alpha value is -1.15. The third kappa shape index (κ3) is 4.44. The smallest absolute Gasteiger partial charge is 0.203 e. The minimum atomic E-state index is 0.557. The van der Waals surface area contributed by atoms with E-state index >= 15 is 0 Å². The first-order valence-electron chi connectivity index (χ1n) is 6.57. The van der Waals surface area contributed by atoms with Crippen molar-refractivity contribution in [2.45, 2.75) is 0 Å². The van der Waals surface area contributed by atoms with E-state index in [9.17, 15) is 0 Å². The molecule has 0 spiro atoms. The van der Waals surface area contributed by atoms with E-state index in [2.05, 4.69) is 62.4 Å². The van der Waals surface area contributed by atoms with Crippen molar-refractivity contribution in [3.8, 4) is 11.3 Å². The van der Waals surface area contributed by atoms with E-state index in [1.54, 1.807) is 18.3 Å². The number of aromatic nitrogens is 1. The molecule has 0 aliphatic carbocycles. The van der Waals surface area contributed by atoms with E-state index in [1.807, 2.05) is 11.4 Å². The molecular formula is C16H10Cl2IN3S. The zero-order valence-electron chi connectivity index (χ0n) is 11.6. The molecule has 0 aliphatic heterocycles. The van der Waals surface area contributed by atoms with Gasteiger partial charge in [0.05, 0.1) is 16.9 Å². The van der Waals surface area contributed by atoms with Gasteiger partial charge in [0.15, 0.2) is 0 Å². The van der Waals surface area contributed by atoms with Crippen LogP contribution in [-0.2, 0) is 0 Å². The molecule has 0 atom stereocenters. The van der Waals surface area contributed by atoms with Crippen LogP contribution in [0, 0.1) is 3.57 Å². The van der Waals surface area contributed by atoms with Gasteiger partial charge in [-0.1, -0.05) is 41.4 Å². The molecule has 1 heterocycles. The SMILES string of the molecule is Clc1ccc(/C=N\Nc2nc(-c3ccc(I)cc3)cs2)c(Cl)c1. The summed E-state index contributed by atoms with van der Waals surface area (Å²) in [4.78, 5) is 4.52. The number of thiazole rings is 1. The molecule has 0 unspecified atom stereocenters. The zero-order valence-corrected chi connectivity index (χ0v) is 16.1. The van der Waals surface area contributed by atoms with Crippen molar-refractivity contribution in [1.29, 1.82) is 0 Å². The van der Waals surface area contributed by atoms with Crippen LogP contribution in [-0.4, -0.2) is 11.2 Å². The largest absolute Gasteiger partial charge is 0.253 e. The van der Waals surface area contributed by atoms with Gasteiger partial charge in [-0.2, -0.15) is 5.10 Å². The average Bonchev–Trinajstić information content (AvgIpc) is 2.99. The maximum atomic E-state index is 6.09. The molecule has 2 aromatic carbocycles. The minimum Gasteiger partial charge on any atom is -0.253 e. The third-order valence-electron chi connectivity index (χ3n) is 2.97. The maximum absolute atomic E-state index is 6.09. The number of rotatable bonds is 4. The first-order chi connectivity index (χ1) is 11.1. The Balaban J connectivity index is 1.69. The Labute approximate surface area is 161 Å². The quantitative estimate of drug-likeness (QED) is 0.279. The van der Waals surface area contributed by atoms with Gasteiger partial charge in [0.1, 0.15) is 0 Å². The third-order valence-corrected chi connectivity index (χ3v) is 5.00. The second-order valence-corrected chi connectivity index (χ2v) is 7.53. The first kappa shape index (κ1) is 16.7. The van der Waals surface area contributed by atoms with Crippen LogP contribution in [0.2, 0.25) is 10.0 Å². The van der Waals surface area contributed by atoms with Crippen LogP contribution in [0.25, 0.3) is 11.3 Å². The lowest BCUT2D eigenvalue weighted by molar-refractivity contribution is 1.29. The van der Waals surface area contributed by atoms with Gasteiger partial charge < -0.3 is 0 Å². The number of anilines is 1. The number of nitrogens with one attached hydrogen (secondary N) is 1. The van der Waals surface area contributed by atoms with Crippen molar-refractivity contribution >= 4 is 68.5 Å². The van der Waals surface area contributed by atoms with Crippen LogP contribution in [0.5, 0.6) is 0 Å². The molecule has 0 saturated heterocycles. The Morgan fingerprint density at radius 1 is 1.13 bits per heavy atom. The molecular weight excluding hydrogens is 464 g/mol. The molecule has 3 aromatic rings. The van der Waals surface area contributed by atoms with Crippen molar-refractivity contribution in [3.63, 3.8) is 0 Å². The van der Waals surface area contributed by atoms with Crippen LogP contribution in [0.1, 0.15) is 5.56 Å². The summed E-state index contributed by atoms with van der Waals surface area (Å²) in [5.41, 5.74) is 5.72. The fourth-order valence-corrected chi connectivity index (χ4v) is 3.33. The molecule has 1 N–H and O–H groups in total. The minimum absolute atomic E-state index is 0.557. The molecule has 0 bridgehead atoms. The van der Waals surface area contributed by atoms with Gasteiger partial charge in [-0.05, 0) is 46.9 Å². The molecule has 0 fully saturated rings. The lowest BCUT2D eigenvalue weighted by atomic mass is 10.2. The summed E-state index contributed by atoms with van der Waals surface area (Å²) in [7, 11) is 0. The highest BCUT2D eigenvalue weighted by Crippen LogP contribution is 2.25. The summed E-state index contributed by atoms with van der Waals surface area (Å²) < 4.78 is 1.20. The normalized spacial score (nSPS) is 11.1. The van der Waals surface area contributed by atoms with Crippen LogP contribution >= 0.6 is 57.1 Å². The van der Waals surface area contributed by atoms with Crippen molar-refractivity contribution in [1.82, 2.24) is 4.98 Å². The predicted molar refractivity (Wildman–Crippen MR) is 108 cm³/mol. The molecule has 3 rings (SSSR count). The van der Waals surface area contributed by atoms with E-state index in [-0.39, 0.29) is 0 Å². The molecule has 3 nitrogen and oxygen atoms in total. The predicted octanol–water partition coefficient (Wildman–Crippen LogP) is 6.17. The van der Waals surface area contributed by atoms with Crippen molar-refractivity contribution in [3.05, 3.63) is 67.0 Å². The highest BCUT2D eigenvalue weighted by Gasteiger charge is 2.04. The summed E-state index contributed by atoms with van der Waals surface area (Å²) in [6.07, 6.45) is 1.64. The number of hydrogen-bond acceptors (Lipinski definition) is 4. The molecule has 0 radical (unpaired) electrons. The number of halogens is 3. The van der Waals surface area contributed by atoms with Crippen molar-refractivity contribution in [2.75, 3.05) is 5.43 Å². The lowest BCUT2D eigenvalue weighted by Gasteiger charge is -1.99. The van der Waals surface area contributed by atoms with Gasteiger partial charge in [0, 0.05) is 25.1 Å². The van der Waals surface area contributed by atoms with E-state index in [4.69, 9.17) is 23.2 Å². The van der Waals surface area contributed by atoms with Gasteiger partial charge in [-0.3, -0.25) is 5.43 Å². The molecule has 0 aliphatic rings. The Morgan fingerprint density at radius 2 is 1.91 bits per heavy atom. The van der Waals surface area contributed by atoms with Crippen LogP contribution in [0.4, 0.5) is 5.13 Å². The Kier molecular flexibility index (Phi) is 5.53. The van der Waals surface area contributed by atoms with Gasteiger partial charge in [0.25, 0.3) is 0 Å². The van der Waals surface area contributed by atoms with Gasteiger partial charge >= 0.3 is 0 Å². The molecule has 23 heavy (non-hydrogen) atoms. The summed E-state index contributed by atoms with van der Waals surface area (Å²) >= 11 is 15.7. The number of nitrogens with zero attached hydrogens (tertiary/aromatic N) is 2. The van der Waals surface area contributed by atoms with Crippen molar-refractivity contribution in [2.24, 2.45) is 5.10 Å². The molecule has 1 aromatic heterocycles. The van der Waals surface area contributed by atoms with Crippen LogP contribution in [0.3, 0.4) is 0 Å². The first-order valence-corrected chi connectivity index (χ1v) is 9.29. The van der Waals surface area contributed by atoms with Crippen LogP contribution < -0.4 is 5.43 Å². The fraction of sp³-hybridized carbons (Fsp3) is 0. The molecule has 0 amide bonds. The second-order valence-electron chi connectivity index (χ2n) is 4.58. The monoisotopic (exact) mass is 473 g/mol. The highest BCUT2D eigenvalue weighted by atomic mass is 127. The highest BCUT2D eigenvalue weighted by molar-refractivity contribution is 14.1. The zero-order chi connectivity index (χ0) is 16.2. The second kappa shape index (κ2) is 7.61. The summed E-state index contributed by atoms with van der Waals surface area (Å²) in [5.74, 6) is 0. The number of benzene rings is 2. The maximum Gasteiger partial charge on any atom is 0.203 e.